The molecule has 0 aliphatic rings. The number of carbonyl (C=O) groups is 2. The zero-order valence-corrected chi connectivity index (χ0v) is 21.2. The van der Waals surface area contributed by atoms with Crippen molar-refractivity contribution >= 4 is 11.8 Å². The van der Waals surface area contributed by atoms with Crippen LogP contribution >= 0.6 is 0 Å². The molecule has 3 aromatic rings. The van der Waals surface area contributed by atoms with Gasteiger partial charge in [0, 0.05) is 18.5 Å². The molecule has 2 amide bonds. The molecule has 0 aliphatic carbocycles. The molecule has 0 saturated heterocycles. The third kappa shape index (κ3) is 7.83. The van der Waals surface area contributed by atoms with E-state index in [0.717, 1.165) is 5.56 Å². The first kappa shape index (κ1) is 26.7. The van der Waals surface area contributed by atoms with Crippen molar-refractivity contribution in [2.45, 2.75) is 45.3 Å². The number of hydrogen-bond donors (Lipinski definition) is 1. The summed E-state index contributed by atoms with van der Waals surface area (Å²) < 4.78 is 24.7. The van der Waals surface area contributed by atoms with Gasteiger partial charge in [0.2, 0.25) is 5.91 Å². The van der Waals surface area contributed by atoms with Gasteiger partial charge in [0.25, 0.3) is 5.91 Å². The molecular formula is C29H33FN2O4. The molecule has 1 N–H and O–H groups in total. The Kier molecular flexibility index (Phi) is 9.06. The van der Waals surface area contributed by atoms with Gasteiger partial charge in [0.1, 0.15) is 11.9 Å². The molecule has 7 heteroatoms. The van der Waals surface area contributed by atoms with Crippen molar-refractivity contribution < 1.29 is 23.5 Å². The minimum Gasteiger partial charge on any atom is -0.493 e. The Labute approximate surface area is 212 Å². The minimum absolute atomic E-state index is 0.115. The van der Waals surface area contributed by atoms with E-state index in [2.05, 4.69) is 5.32 Å². The van der Waals surface area contributed by atoms with Gasteiger partial charge in [0.05, 0.1) is 7.11 Å². The molecule has 0 bridgehead atoms. The maximum atomic E-state index is 13.6. The summed E-state index contributed by atoms with van der Waals surface area (Å²) in [6.07, 6.45) is 0.310. The second kappa shape index (κ2) is 12.2. The summed E-state index contributed by atoms with van der Waals surface area (Å²) in [7, 11) is 1.53. The lowest BCUT2D eigenvalue weighted by atomic mass is 10.0. The van der Waals surface area contributed by atoms with Crippen LogP contribution in [0.4, 0.5) is 4.39 Å². The normalized spacial score (nSPS) is 11.9. The molecule has 0 heterocycles. The van der Waals surface area contributed by atoms with Crippen LogP contribution in [0.5, 0.6) is 11.5 Å². The molecule has 0 spiro atoms. The molecular weight excluding hydrogens is 459 g/mol. The highest BCUT2D eigenvalue weighted by molar-refractivity contribution is 5.89. The average molecular weight is 493 g/mol. The van der Waals surface area contributed by atoms with Crippen LogP contribution in [0.2, 0.25) is 0 Å². The van der Waals surface area contributed by atoms with Crippen molar-refractivity contribution in [3.05, 3.63) is 95.8 Å². The Morgan fingerprint density at radius 3 is 2.11 bits per heavy atom. The number of hydrogen-bond acceptors (Lipinski definition) is 4. The fraction of sp³-hybridized carbons (Fsp3) is 0.310. The number of methoxy groups -OCH3 is 1. The van der Waals surface area contributed by atoms with E-state index in [1.165, 1.54) is 24.1 Å². The van der Waals surface area contributed by atoms with Crippen LogP contribution in [0.1, 0.15) is 31.9 Å². The van der Waals surface area contributed by atoms with Crippen molar-refractivity contribution in [2.24, 2.45) is 0 Å². The Bertz CT molecular complexity index is 1140. The number of nitrogens with zero attached hydrogens (tertiary/aromatic N) is 1. The number of rotatable bonds is 10. The van der Waals surface area contributed by atoms with Gasteiger partial charge in [-0.2, -0.15) is 0 Å². The molecule has 0 unspecified atom stereocenters. The van der Waals surface area contributed by atoms with Gasteiger partial charge in [0.15, 0.2) is 18.1 Å². The van der Waals surface area contributed by atoms with Gasteiger partial charge in [-0.3, -0.25) is 9.59 Å². The van der Waals surface area contributed by atoms with Crippen molar-refractivity contribution in [3.8, 4) is 11.5 Å². The first-order valence-electron chi connectivity index (χ1n) is 11.8. The van der Waals surface area contributed by atoms with E-state index in [0.29, 0.717) is 23.5 Å². The Morgan fingerprint density at radius 1 is 0.889 bits per heavy atom. The van der Waals surface area contributed by atoms with E-state index in [9.17, 15) is 14.0 Å². The van der Waals surface area contributed by atoms with E-state index < -0.39 is 11.6 Å². The number of halogens is 1. The van der Waals surface area contributed by atoms with Crippen molar-refractivity contribution in [1.82, 2.24) is 10.2 Å². The second-order valence-corrected chi connectivity index (χ2v) is 9.53. The average Bonchev–Trinajstić information content (AvgIpc) is 2.85. The van der Waals surface area contributed by atoms with Gasteiger partial charge in [-0.05, 0) is 56.2 Å². The summed E-state index contributed by atoms with van der Waals surface area (Å²) in [5.41, 5.74) is 1.11. The molecule has 36 heavy (non-hydrogen) atoms. The van der Waals surface area contributed by atoms with Crippen LogP contribution in [-0.4, -0.2) is 42.0 Å². The Balaban J connectivity index is 1.93. The quantitative estimate of drug-likeness (QED) is 0.443. The van der Waals surface area contributed by atoms with E-state index >= 15 is 0 Å². The third-order valence-electron chi connectivity index (χ3n) is 5.46. The number of benzene rings is 3. The predicted octanol–water partition coefficient (Wildman–Crippen LogP) is 4.77. The fourth-order valence-corrected chi connectivity index (χ4v) is 3.75. The number of carbonyl (C=O) groups excluding carboxylic acids is 2. The smallest absolute Gasteiger partial charge is 0.261 e. The van der Waals surface area contributed by atoms with Gasteiger partial charge < -0.3 is 19.7 Å². The second-order valence-electron chi connectivity index (χ2n) is 9.53. The number of amides is 2. The summed E-state index contributed by atoms with van der Waals surface area (Å²) in [6, 6.07) is 21.7. The van der Waals surface area contributed by atoms with Crippen LogP contribution in [-0.2, 0) is 22.6 Å². The molecule has 190 valence electrons. The highest BCUT2D eigenvalue weighted by Gasteiger charge is 2.32. The van der Waals surface area contributed by atoms with Crippen molar-refractivity contribution in [1.29, 1.82) is 0 Å². The first-order chi connectivity index (χ1) is 17.2. The SMILES string of the molecule is COc1ccccc1OCC(=O)N(Cc1ccc(F)cc1)[C@@H](Cc1ccccc1)C(=O)NC(C)(C)C. The predicted molar refractivity (Wildman–Crippen MR) is 137 cm³/mol. The maximum Gasteiger partial charge on any atom is 0.261 e. The molecule has 0 fully saturated rings. The summed E-state index contributed by atoms with van der Waals surface area (Å²) in [4.78, 5) is 28.6. The standard InChI is InChI=1S/C29H33FN2O4/c1-29(2,3)31-28(34)24(18-21-10-6-5-7-11-21)32(19-22-14-16-23(30)17-15-22)27(33)20-36-26-13-9-8-12-25(26)35-4/h5-17,24H,18-20H2,1-4H3,(H,31,34)/t24-/m0/s1. The lowest BCUT2D eigenvalue weighted by molar-refractivity contribution is -0.143. The lowest BCUT2D eigenvalue weighted by Crippen LogP contribution is -2.55. The summed E-state index contributed by atoms with van der Waals surface area (Å²) in [6.45, 7) is 5.49. The largest absolute Gasteiger partial charge is 0.493 e. The number of ether oxygens (including phenoxy) is 2. The highest BCUT2D eigenvalue weighted by Crippen LogP contribution is 2.26. The monoisotopic (exact) mass is 492 g/mol. The summed E-state index contributed by atoms with van der Waals surface area (Å²) in [5.74, 6) is -0.104. The summed E-state index contributed by atoms with van der Waals surface area (Å²) >= 11 is 0. The molecule has 0 aliphatic heterocycles. The number of nitrogens with one attached hydrogen (secondary N) is 1. The fourth-order valence-electron chi connectivity index (χ4n) is 3.75. The maximum absolute atomic E-state index is 13.6. The minimum atomic E-state index is -0.814. The first-order valence-corrected chi connectivity index (χ1v) is 11.8. The molecule has 0 radical (unpaired) electrons. The van der Waals surface area contributed by atoms with E-state index in [1.54, 1.807) is 36.4 Å². The van der Waals surface area contributed by atoms with Gasteiger partial charge >= 0.3 is 0 Å². The van der Waals surface area contributed by atoms with Gasteiger partial charge in [-0.1, -0.05) is 54.6 Å². The Morgan fingerprint density at radius 2 is 1.50 bits per heavy atom. The van der Waals surface area contributed by atoms with Gasteiger partial charge in [-0.25, -0.2) is 4.39 Å². The molecule has 3 aromatic carbocycles. The van der Waals surface area contributed by atoms with Crippen LogP contribution < -0.4 is 14.8 Å². The molecule has 0 aromatic heterocycles. The molecule has 0 saturated carbocycles. The zero-order chi connectivity index (χ0) is 26.1. The zero-order valence-electron chi connectivity index (χ0n) is 21.2. The Hall–Kier alpha value is -3.87. The number of para-hydroxylation sites is 2. The van der Waals surface area contributed by atoms with Gasteiger partial charge in [-0.15, -0.1) is 0 Å². The van der Waals surface area contributed by atoms with Crippen LogP contribution in [0, 0.1) is 5.82 Å². The topological polar surface area (TPSA) is 67.9 Å². The molecule has 1 atom stereocenters. The van der Waals surface area contributed by atoms with E-state index in [1.807, 2.05) is 51.1 Å². The highest BCUT2D eigenvalue weighted by atomic mass is 19.1. The molecule has 3 rings (SSSR count). The lowest BCUT2D eigenvalue weighted by Gasteiger charge is -2.33. The van der Waals surface area contributed by atoms with Crippen molar-refractivity contribution in [2.75, 3.05) is 13.7 Å². The summed E-state index contributed by atoms with van der Waals surface area (Å²) in [5, 5.41) is 3.01. The van der Waals surface area contributed by atoms with Crippen LogP contribution in [0.3, 0.4) is 0 Å². The van der Waals surface area contributed by atoms with Crippen LogP contribution in [0.25, 0.3) is 0 Å². The molecule has 6 nitrogen and oxygen atoms in total. The van der Waals surface area contributed by atoms with Crippen LogP contribution in [0.15, 0.2) is 78.9 Å². The third-order valence-corrected chi connectivity index (χ3v) is 5.46. The van der Waals surface area contributed by atoms with E-state index in [4.69, 9.17) is 9.47 Å². The van der Waals surface area contributed by atoms with E-state index in [-0.39, 0.29) is 30.8 Å². The van der Waals surface area contributed by atoms with Crippen molar-refractivity contribution in [3.63, 3.8) is 0 Å².